The van der Waals surface area contributed by atoms with E-state index in [4.69, 9.17) is 4.99 Å². The topological polar surface area (TPSA) is 151 Å². The number of benzodiazepines with no additional fused rings is 1. The van der Waals surface area contributed by atoms with Gasteiger partial charge in [-0.25, -0.2) is 13.4 Å². The second-order valence-corrected chi connectivity index (χ2v) is 11.8. The molecule has 5 rings (SSSR count). The van der Waals surface area contributed by atoms with Crippen molar-refractivity contribution >= 4 is 38.9 Å². The minimum absolute atomic E-state index is 0.203. The van der Waals surface area contributed by atoms with Crippen molar-refractivity contribution in [1.29, 1.82) is 0 Å². The fourth-order valence-corrected chi connectivity index (χ4v) is 6.72. The molecular formula is C29H29N5O6S. The number of para-hydroxylation sites is 1. The summed E-state index contributed by atoms with van der Waals surface area (Å²) in [5, 5.41) is 13.8. The maximum absolute atomic E-state index is 14.0. The van der Waals surface area contributed by atoms with Gasteiger partial charge in [-0.15, -0.1) is 0 Å². The lowest BCUT2D eigenvalue weighted by atomic mass is 9.82. The zero-order chi connectivity index (χ0) is 29.2. The van der Waals surface area contributed by atoms with Crippen molar-refractivity contribution in [3.05, 3.63) is 100 Å². The number of amides is 2. The van der Waals surface area contributed by atoms with Crippen LogP contribution in [0.3, 0.4) is 0 Å². The third-order valence-corrected chi connectivity index (χ3v) is 9.04. The fraction of sp³-hybridized carbons (Fsp3) is 0.276. The van der Waals surface area contributed by atoms with E-state index >= 15 is 0 Å². The Bertz CT molecular complexity index is 1620. The van der Waals surface area contributed by atoms with Gasteiger partial charge < -0.3 is 10.2 Å². The van der Waals surface area contributed by atoms with Gasteiger partial charge in [0, 0.05) is 30.3 Å². The number of nitrogens with zero attached hydrogens (tertiary/aromatic N) is 3. The molecule has 0 spiro atoms. The number of nitro benzene ring substituents is 1. The highest BCUT2D eigenvalue weighted by atomic mass is 32.2. The number of nitro groups is 1. The number of sulfonamides is 1. The largest absolute Gasteiger partial charge is 0.325 e. The van der Waals surface area contributed by atoms with Gasteiger partial charge in [0.1, 0.15) is 5.54 Å². The maximum atomic E-state index is 14.0. The van der Waals surface area contributed by atoms with Gasteiger partial charge >= 0.3 is 0 Å². The molecule has 0 saturated heterocycles. The Labute approximate surface area is 237 Å². The molecule has 1 fully saturated rings. The average molecular weight is 576 g/mol. The highest BCUT2D eigenvalue weighted by molar-refractivity contribution is 7.89. The highest BCUT2D eigenvalue weighted by Crippen LogP contribution is 2.32. The SMILES string of the molecule is CN1C(=O)C(NC(=O)C2(NS(=O)(=O)c3ccc([N+](=O)[O-])cc3)CCCCC2)N=C(c2ccccc2)c2ccccc21. The van der Waals surface area contributed by atoms with Crippen LogP contribution in [0.15, 0.2) is 88.8 Å². The standard InChI is InChI=1S/C29H29N5O6S/c1-33-24-13-7-6-12-23(24)25(20-10-4-2-5-11-20)30-26(27(33)35)31-28(36)29(18-8-3-9-19-29)32-41(39,40)22-16-14-21(15-17-22)34(37)38/h2,4-7,10-17,26,32H,3,8-9,18-19H2,1H3,(H,31,36). The van der Waals surface area contributed by atoms with E-state index in [1.54, 1.807) is 13.1 Å². The van der Waals surface area contributed by atoms with Gasteiger partial charge in [-0.3, -0.25) is 19.7 Å². The Balaban J connectivity index is 1.49. The smallest absolute Gasteiger partial charge is 0.272 e. The number of benzene rings is 3. The third-order valence-electron chi connectivity index (χ3n) is 7.49. The van der Waals surface area contributed by atoms with Gasteiger partial charge in [-0.2, -0.15) is 4.72 Å². The van der Waals surface area contributed by atoms with Gasteiger partial charge in [0.05, 0.1) is 21.2 Å². The first-order valence-corrected chi connectivity index (χ1v) is 14.7. The van der Waals surface area contributed by atoms with Crippen LogP contribution in [0.4, 0.5) is 11.4 Å². The van der Waals surface area contributed by atoms with E-state index in [-0.39, 0.29) is 23.4 Å². The molecule has 2 amide bonds. The van der Waals surface area contributed by atoms with Gasteiger partial charge in [-0.1, -0.05) is 67.8 Å². The lowest BCUT2D eigenvalue weighted by Gasteiger charge is -2.37. The summed E-state index contributed by atoms with van der Waals surface area (Å²) in [5.41, 5.74) is 0.847. The van der Waals surface area contributed by atoms with Crippen molar-refractivity contribution in [2.24, 2.45) is 4.99 Å². The predicted molar refractivity (Wildman–Crippen MR) is 153 cm³/mol. The predicted octanol–water partition coefficient (Wildman–Crippen LogP) is 3.53. The van der Waals surface area contributed by atoms with Crippen LogP contribution in [0, 0.1) is 10.1 Å². The van der Waals surface area contributed by atoms with E-state index in [0.717, 1.165) is 41.8 Å². The van der Waals surface area contributed by atoms with E-state index < -0.39 is 38.5 Å². The molecule has 0 bridgehead atoms. The Morgan fingerprint density at radius 3 is 2.27 bits per heavy atom. The third kappa shape index (κ3) is 5.61. The summed E-state index contributed by atoms with van der Waals surface area (Å²) in [6.45, 7) is 0. The van der Waals surface area contributed by atoms with Crippen molar-refractivity contribution < 1.29 is 22.9 Å². The molecule has 1 atom stereocenters. The van der Waals surface area contributed by atoms with Crippen LogP contribution in [-0.4, -0.2) is 49.6 Å². The normalized spacial score (nSPS) is 18.6. The van der Waals surface area contributed by atoms with Gasteiger partial charge in [0.25, 0.3) is 11.6 Å². The van der Waals surface area contributed by atoms with Crippen molar-refractivity contribution in [1.82, 2.24) is 10.0 Å². The van der Waals surface area contributed by atoms with E-state index in [0.29, 0.717) is 24.2 Å². The van der Waals surface area contributed by atoms with Gasteiger partial charge in [0.15, 0.2) is 0 Å². The number of hydrogen-bond acceptors (Lipinski definition) is 7. The van der Waals surface area contributed by atoms with E-state index in [1.165, 1.54) is 4.90 Å². The number of anilines is 1. The van der Waals surface area contributed by atoms with Gasteiger partial charge in [-0.05, 0) is 31.0 Å². The van der Waals surface area contributed by atoms with Crippen molar-refractivity contribution in [2.75, 3.05) is 11.9 Å². The molecule has 11 nitrogen and oxygen atoms in total. The minimum Gasteiger partial charge on any atom is -0.325 e. The number of non-ortho nitro benzene ring substituents is 1. The summed E-state index contributed by atoms with van der Waals surface area (Å²) in [5.74, 6) is -1.13. The average Bonchev–Trinajstić information content (AvgIpc) is 3.08. The van der Waals surface area contributed by atoms with Crippen LogP contribution >= 0.6 is 0 Å². The number of likely N-dealkylation sites (N-methyl/N-ethyl adjacent to an activating group) is 1. The fourth-order valence-electron chi connectivity index (χ4n) is 5.30. The second kappa shape index (κ2) is 11.2. The van der Waals surface area contributed by atoms with Crippen molar-refractivity contribution in [3.8, 4) is 0 Å². The van der Waals surface area contributed by atoms with E-state index in [9.17, 15) is 28.1 Å². The summed E-state index contributed by atoms with van der Waals surface area (Å²) >= 11 is 0. The number of nitrogens with one attached hydrogen (secondary N) is 2. The molecule has 0 aromatic heterocycles. The summed E-state index contributed by atoms with van der Waals surface area (Å²) in [7, 11) is -2.63. The molecule has 3 aromatic carbocycles. The quantitative estimate of drug-likeness (QED) is 0.325. The lowest BCUT2D eigenvalue weighted by Crippen LogP contribution is -2.62. The van der Waals surface area contributed by atoms with Crippen LogP contribution in [0.5, 0.6) is 0 Å². The van der Waals surface area contributed by atoms with E-state index in [1.807, 2.05) is 48.5 Å². The first-order valence-electron chi connectivity index (χ1n) is 13.2. The van der Waals surface area contributed by atoms with Crippen LogP contribution in [0.2, 0.25) is 0 Å². The number of carbonyl (C=O) groups is 2. The molecule has 1 aliphatic carbocycles. The Morgan fingerprint density at radius 1 is 0.976 bits per heavy atom. The zero-order valence-electron chi connectivity index (χ0n) is 22.3. The second-order valence-electron chi connectivity index (χ2n) is 10.1. The molecule has 2 N–H and O–H groups in total. The van der Waals surface area contributed by atoms with Crippen LogP contribution in [-0.2, 0) is 19.6 Å². The summed E-state index contributed by atoms with van der Waals surface area (Å²) in [6.07, 6.45) is 1.15. The molecule has 1 heterocycles. The molecule has 1 saturated carbocycles. The van der Waals surface area contributed by atoms with Gasteiger partial charge in [0.2, 0.25) is 22.1 Å². The molecular weight excluding hydrogens is 546 g/mol. The molecule has 1 aliphatic heterocycles. The van der Waals surface area contributed by atoms with Crippen LogP contribution < -0.4 is 14.9 Å². The Kier molecular flexibility index (Phi) is 7.70. The van der Waals surface area contributed by atoms with Crippen molar-refractivity contribution in [2.45, 2.75) is 48.7 Å². The molecule has 41 heavy (non-hydrogen) atoms. The monoisotopic (exact) mass is 575 g/mol. The molecule has 0 radical (unpaired) electrons. The molecule has 3 aromatic rings. The molecule has 1 unspecified atom stereocenters. The Morgan fingerprint density at radius 2 is 1.61 bits per heavy atom. The number of carbonyl (C=O) groups excluding carboxylic acids is 2. The molecule has 212 valence electrons. The summed E-state index contributed by atoms with van der Waals surface area (Å²) < 4.78 is 29.3. The summed E-state index contributed by atoms with van der Waals surface area (Å²) in [4.78, 5) is 43.9. The Hall–Kier alpha value is -4.42. The summed E-state index contributed by atoms with van der Waals surface area (Å²) in [6, 6.07) is 21.1. The van der Waals surface area contributed by atoms with Crippen LogP contribution in [0.1, 0.15) is 43.2 Å². The minimum atomic E-state index is -4.24. The molecule has 12 heteroatoms. The molecule has 2 aliphatic rings. The number of hydrogen-bond donors (Lipinski definition) is 2. The van der Waals surface area contributed by atoms with Crippen molar-refractivity contribution in [3.63, 3.8) is 0 Å². The highest BCUT2D eigenvalue weighted by Gasteiger charge is 2.45. The number of rotatable bonds is 7. The van der Waals surface area contributed by atoms with Crippen LogP contribution in [0.25, 0.3) is 0 Å². The zero-order valence-corrected chi connectivity index (χ0v) is 23.1. The first-order chi connectivity index (χ1) is 19.6. The lowest BCUT2D eigenvalue weighted by molar-refractivity contribution is -0.384. The van der Waals surface area contributed by atoms with E-state index in [2.05, 4.69) is 10.0 Å². The number of aliphatic imine (C=N–C) groups is 1. The maximum Gasteiger partial charge on any atom is 0.272 e. The first kappa shape index (κ1) is 28.1. The number of fused-ring (bicyclic) bond motifs is 1.